The Bertz CT molecular complexity index is 387. The molecule has 0 aromatic rings. The lowest BCUT2D eigenvalue weighted by Gasteiger charge is -2.30. The number of rotatable bonds is 8. The number of hydrogen-bond acceptors (Lipinski definition) is 3. The fraction of sp³-hybridized carbons (Fsp3) is 0.889. The molecule has 1 aliphatic heterocycles. The number of carbonyl (C=O) groups is 1. The van der Waals surface area contributed by atoms with Crippen molar-refractivity contribution < 1.29 is 4.79 Å². The van der Waals surface area contributed by atoms with Gasteiger partial charge in [0.05, 0.1) is 13.1 Å². The molecule has 1 aliphatic rings. The molecular weight excluding hydrogens is 302 g/mol. The first-order chi connectivity index (χ1) is 11.5. The minimum atomic E-state index is 0.151. The molecular formula is C18H37N5O. The lowest BCUT2D eigenvalue weighted by atomic mass is 9.99. The molecule has 0 saturated carbocycles. The first kappa shape index (κ1) is 20.7. The molecule has 0 unspecified atom stereocenters. The van der Waals surface area contributed by atoms with Gasteiger partial charge in [0, 0.05) is 33.2 Å². The SMILES string of the molecule is CCNC(=NCCN1CCC(C)CC1)N(C)CC(=O)N(CC)CC. The molecule has 1 rings (SSSR count). The second-order valence-electron chi connectivity index (χ2n) is 6.68. The molecule has 0 aromatic carbocycles. The number of likely N-dealkylation sites (N-methyl/N-ethyl adjacent to an activating group) is 2. The van der Waals surface area contributed by atoms with Crippen LogP contribution in [0.5, 0.6) is 0 Å². The summed E-state index contributed by atoms with van der Waals surface area (Å²) in [5.41, 5.74) is 0. The van der Waals surface area contributed by atoms with Crippen molar-refractivity contribution in [1.82, 2.24) is 20.0 Å². The van der Waals surface area contributed by atoms with Crippen LogP contribution in [0.3, 0.4) is 0 Å². The van der Waals surface area contributed by atoms with Crippen molar-refractivity contribution in [2.24, 2.45) is 10.9 Å². The molecule has 6 heteroatoms. The lowest BCUT2D eigenvalue weighted by Crippen LogP contribution is -2.46. The summed E-state index contributed by atoms with van der Waals surface area (Å²) in [4.78, 5) is 23.3. The van der Waals surface area contributed by atoms with Gasteiger partial charge in [0.2, 0.25) is 5.91 Å². The van der Waals surface area contributed by atoms with Gasteiger partial charge in [-0.1, -0.05) is 6.92 Å². The van der Waals surface area contributed by atoms with E-state index in [-0.39, 0.29) is 5.91 Å². The average molecular weight is 340 g/mol. The van der Waals surface area contributed by atoms with Crippen LogP contribution >= 0.6 is 0 Å². The maximum absolute atomic E-state index is 12.3. The number of nitrogens with zero attached hydrogens (tertiary/aromatic N) is 4. The van der Waals surface area contributed by atoms with E-state index < -0.39 is 0 Å². The molecule has 0 spiro atoms. The second-order valence-corrected chi connectivity index (χ2v) is 6.68. The van der Waals surface area contributed by atoms with Gasteiger partial charge in [-0.3, -0.25) is 9.79 Å². The molecule has 6 nitrogen and oxygen atoms in total. The zero-order valence-corrected chi connectivity index (χ0v) is 16.3. The Morgan fingerprint density at radius 3 is 2.38 bits per heavy atom. The number of aliphatic imine (C=N–C) groups is 1. The van der Waals surface area contributed by atoms with Gasteiger partial charge in [-0.15, -0.1) is 0 Å². The normalized spacial score (nSPS) is 17.0. The van der Waals surface area contributed by atoms with Gasteiger partial charge < -0.3 is 20.0 Å². The van der Waals surface area contributed by atoms with E-state index in [0.717, 1.165) is 44.6 Å². The summed E-state index contributed by atoms with van der Waals surface area (Å²) < 4.78 is 0. The van der Waals surface area contributed by atoms with Gasteiger partial charge in [-0.25, -0.2) is 0 Å². The first-order valence-electron chi connectivity index (χ1n) is 9.51. The minimum absolute atomic E-state index is 0.151. The standard InChI is InChI=1S/C18H37N5O/c1-6-19-18(21(5)15-17(24)23(7-2)8-3)20-11-14-22-12-9-16(4)10-13-22/h16H,6-15H2,1-5H3,(H,19,20). The molecule has 1 heterocycles. The maximum Gasteiger partial charge on any atom is 0.242 e. The highest BCUT2D eigenvalue weighted by atomic mass is 16.2. The van der Waals surface area contributed by atoms with Crippen molar-refractivity contribution in [2.45, 2.75) is 40.5 Å². The molecule has 1 N–H and O–H groups in total. The van der Waals surface area contributed by atoms with Crippen molar-refractivity contribution in [3.63, 3.8) is 0 Å². The van der Waals surface area contributed by atoms with Crippen LogP contribution in [0.1, 0.15) is 40.5 Å². The van der Waals surface area contributed by atoms with Gasteiger partial charge in [-0.2, -0.15) is 0 Å². The second kappa shape index (κ2) is 11.3. The smallest absolute Gasteiger partial charge is 0.242 e. The first-order valence-corrected chi connectivity index (χ1v) is 9.51. The Kier molecular flexibility index (Phi) is 9.76. The monoisotopic (exact) mass is 339 g/mol. The Labute approximate surface area is 148 Å². The number of guanidine groups is 1. The lowest BCUT2D eigenvalue weighted by molar-refractivity contribution is -0.131. The number of likely N-dealkylation sites (tertiary alicyclic amines) is 1. The van der Waals surface area contributed by atoms with Crippen LogP contribution in [0.2, 0.25) is 0 Å². The van der Waals surface area contributed by atoms with Crippen molar-refractivity contribution in [2.75, 3.05) is 59.4 Å². The predicted molar refractivity (Wildman–Crippen MR) is 101 cm³/mol. The van der Waals surface area contributed by atoms with Crippen LogP contribution in [-0.2, 0) is 4.79 Å². The van der Waals surface area contributed by atoms with E-state index in [1.165, 1.54) is 25.9 Å². The quantitative estimate of drug-likeness (QED) is 0.538. The maximum atomic E-state index is 12.3. The average Bonchev–Trinajstić information content (AvgIpc) is 2.56. The number of piperidine rings is 1. The van der Waals surface area contributed by atoms with Crippen molar-refractivity contribution in [3.8, 4) is 0 Å². The van der Waals surface area contributed by atoms with Crippen molar-refractivity contribution in [1.29, 1.82) is 0 Å². The summed E-state index contributed by atoms with van der Waals surface area (Å²) in [6, 6.07) is 0. The molecule has 1 fully saturated rings. The Morgan fingerprint density at radius 2 is 1.83 bits per heavy atom. The highest BCUT2D eigenvalue weighted by Gasteiger charge is 2.16. The summed E-state index contributed by atoms with van der Waals surface area (Å²) in [6.45, 7) is 15.3. The molecule has 0 aromatic heterocycles. The molecule has 0 aliphatic carbocycles. The summed E-state index contributed by atoms with van der Waals surface area (Å²) in [7, 11) is 1.94. The van der Waals surface area contributed by atoms with Gasteiger partial charge in [-0.05, 0) is 52.6 Å². The zero-order chi connectivity index (χ0) is 17.9. The van der Waals surface area contributed by atoms with Crippen LogP contribution in [0.15, 0.2) is 4.99 Å². The summed E-state index contributed by atoms with van der Waals surface area (Å²) in [5.74, 6) is 1.83. The van der Waals surface area contributed by atoms with Crippen molar-refractivity contribution in [3.05, 3.63) is 0 Å². The van der Waals surface area contributed by atoms with E-state index >= 15 is 0 Å². The number of hydrogen-bond donors (Lipinski definition) is 1. The molecule has 1 saturated heterocycles. The number of carbonyl (C=O) groups excluding carboxylic acids is 1. The molecule has 0 bridgehead atoms. The van der Waals surface area contributed by atoms with E-state index in [1.54, 1.807) is 0 Å². The summed E-state index contributed by atoms with van der Waals surface area (Å²) in [6.07, 6.45) is 2.59. The largest absolute Gasteiger partial charge is 0.357 e. The summed E-state index contributed by atoms with van der Waals surface area (Å²) in [5, 5.41) is 3.29. The minimum Gasteiger partial charge on any atom is -0.357 e. The molecule has 0 radical (unpaired) electrons. The predicted octanol–water partition coefficient (Wildman–Crippen LogP) is 1.48. The van der Waals surface area contributed by atoms with Crippen LogP contribution in [0.4, 0.5) is 0 Å². The molecule has 0 atom stereocenters. The van der Waals surface area contributed by atoms with Gasteiger partial charge in [0.15, 0.2) is 5.96 Å². The molecule has 140 valence electrons. The Hall–Kier alpha value is -1.30. The third kappa shape index (κ3) is 7.07. The van der Waals surface area contributed by atoms with Gasteiger partial charge >= 0.3 is 0 Å². The van der Waals surface area contributed by atoms with Crippen LogP contribution in [0.25, 0.3) is 0 Å². The fourth-order valence-electron chi connectivity index (χ4n) is 3.01. The number of amides is 1. The van der Waals surface area contributed by atoms with E-state index in [1.807, 2.05) is 30.7 Å². The van der Waals surface area contributed by atoms with Crippen LogP contribution < -0.4 is 5.32 Å². The highest BCUT2D eigenvalue weighted by molar-refractivity contribution is 5.86. The Balaban J connectivity index is 2.49. The van der Waals surface area contributed by atoms with E-state index in [0.29, 0.717) is 6.54 Å². The van der Waals surface area contributed by atoms with Crippen LogP contribution in [0, 0.1) is 5.92 Å². The molecule has 24 heavy (non-hydrogen) atoms. The Morgan fingerprint density at radius 1 is 1.21 bits per heavy atom. The highest BCUT2D eigenvalue weighted by Crippen LogP contribution is 2.15. The zero-order valence-electron chi connectivity index (χ0n) is 16.3. The van der Waals surface area contributed by atoms with Gasteiger partial charge in [0.1, 0.15) is 0 Å². The van der Waals surface area contributed by atoms with Crippen molar-refractivity contribution >= 4 is 11.9 Å². The van der Waals surface area contributed by atoms with Gasteiger partial charge in [0.25, 0.3) is 0 Å². The molecule has 1 amide bonds. The third-order valence-corrected chi connectivity index (χ3v) is 4.74. The summed E-state index contributed by atoms with van der Waals surface area (Å²) >= 11 is 0. The third-order valence-electron chi connectivity index (χ3n) is 4.74. The number of nitrogens with one attached hydrogen (secondary N) is 1. The van der Waals surface area contributed by atoms with E-state index in [4.69, 9.17) is 4.99 Å². The van der Waals surface area contributed by atoms with E-state index in [2.05, 4.69) is 24.1 Å². The van der Waals surface area contributed by atoms with Crippen LogP contribution in [-0.4, -0.2) is 86.0 Å². The topological polar surface area (TPSA) is 51.2 Å². The fourth-order valence-corrected chi connectivity index (χ4v) is 3.01. The van der Waals surface area contributed by atoms with E-state index in [9.17, 15) is 4.79 Å².